The second kappa shape index (κ2) is 12.8. The second-order valence-corrected chi connectivity index (χ2v) is 16.5. The van der Waals surface area contributed by atoms with E-state index in [2.05, 4.69) is 121 Å². The van der Waals surface area contributed by atoms with E-state index in [4.69, 9.17) is 19.4 Å². The summed E-state index contributed by atoms with van der Waals surface area (Å²) >= 11 is 3.67. The van der Waals surface area contributed by atoms with E-state index in [0.717, 1.165) is 38.6 Å². The Hall–Kier alpha value is -6.99. The lowest BCUT2D eigenvalue weighted by molar-refractivity contribution is 0.669. The standard InChI is InChI=1S/C51H29N3OS2/c1-2-12-30(13-3-1)49-52-50(31-24-26-36-35-16-6-8-20-41(35)55-42(36)28-31)54-51(53-49)32-25-27-40-46(29-32)57-45-23-11-19-38(48(40)45)34-15-5-4-14-33(34)37-18-10-22-44-47(37)39-17-7-9-21-43(39)56-44/h1-29H. The number of fused-ring (bicyclic) bond motifs is 9. The first kappa shape index (κ1) is 32.3. The highest BCUT2D eigenvalue weighted by molar-refractivity contribution is 7.26. The maximum atomic E-state index is 6.26. The molecule has 6 heteroatoms. The molecule has 4 heterocycles. The maximum absolute atomic E-state index is 6.26. The van der Waals surface area contributed by atoms with Crippen LogP contribution in [0.1, 0.15) is 0 Å². The van der Waals surface area contributed by atoms with Crippen molar-refractivity contribution in [3.05, 3.63) is 176 Å². The molecule has 0 N–H and O–H groups in total. The molecule has 0 radical (unpaired) electrons. The minimum Gasteiger partial charge on any atom is -0.456 e. The third-order valence-corrected chi connectivity index (χ3v) is 13.2. The zero-order chi connectivity index (χ0) is 37.5. The lowest BCUT2D eigenvalue weighted by Crippen LogP contribution is -2.00. The molecule has 0 aliphatic carbocycles. The Bertz CT molecular complexity index is 3540. The van der Waals surface area contributed by atoms with Gasteiger partial charge in [-0.25, -0.2) is 15.0 Å². The molecule has 266 valence electrons. The number of furan rings is 1. The van der Waals surface area contributed by atoms with Gasteiger partial charge in [-0.1, -0.05) is 133 Å². The molecule has 0 bridgehead atoms. The third kappa shape index (κ3) is 5.22. The largest absolute Gasteiger partial charge is 0.456 e. The Morgan fingerprint density at radius 3 is 1.53 bits per heavy atom. The van der Waals surface area contributed by atoms with Gasteiger partial charge in [0.05, 0.1) is 0 Å². The topological polar surface area (TPSA) is 51.8 Å². The van der Waals surface area contributed by atoms with Gasteiger partial charge in [0.2, 0.25) is 0 Å². The van der Waals surface area contributed by atoms with Gasteiger partial charge in [0.25, 0.3) is 0 Å². The summed E-state index contributed by atoms with van der Waals surface area (Å²) in [6, 6.07) is 62.1. The molecule has 0 atom stereocenters. The number of hydrogen-bond donors (Lipinski definition) is 0. The summed E-state index contributed by atoms with van der Waals surface area (Å²) in [5.74, 6) is 1.86. The predicted octanol–water partition coefficient (Wildman–Crippen LogP) is 14.8. The third-order valence-electron chi connectivity index (χ3n) is 11.0. The van der Waals surface area contributed by atoms with Crippen molar-refractivity contribution in [2.75, 3.05) is 0 Å². The molecule has 0 spiro atoms. The van der Waals surface area contributed by atoms with E-state index in [0.29, 0.717) is 17.5 Å². The fourth-order valence-corrected chi connectivity index (χ4v) is 10.7. The summed E-state index contributed by atoms with van der Waals surface area (Å²) in [6.07, 6.45) is 0. The molecule has 57 heavy (non-hydrogen) atoms. The van der Waals surface area contributed by atoms with Gasteiger partial charge < -0.3 is 4.42 Å². The minimum absolute atomic E-state index is 0.602. The molecule has 0 amide bonds. The Morgan fingerprint density at radius 2 is 0.807 bits per heavy atom. The fraction of sp³-hybridized carbons (Fsp3) is 0. The van der Waals surface area contributed by atoms with Crippen molar-refractivity contribution in [3.63, 3.8) is 0 Å². The highest BCUT2D eigenvalue weighted by atomic mass is 32.1. The maximum Gasteiger partial charge on any atom is 0.164 e. The van der Waals surface area contributed by atoms with Gasteiger partial charge >= 0.3 is 0 Å². The molecule has 12 aromatic rings. The average molecular weight is 764 g/mol. The highest BCUT2D eigenvalue weighted by Crippen LogP contribution is 2.46. The van der Waals surface area contributed by atoms with Crippen molar-refractivity contribution in [3.8, 4) is 56.4 Å². The average Bonchev–Trinajstić information content (AvgIpc) is 3.97. The molecule has 0 saturated heterocycles. The number of para-hydroxylation sites is 1. The van der Waals surface area contributed by atoms with Crippen LogP contribution in [0.5, 0.6) is 0 Å². The number of aromatic nitrogens is 3. The van der Waals surface area contributed by atoms with Crippen LogP contribution in [0.25, 0.3) is 119 Å². The Kier molecular flexibility index (Phi) is 7.24. The van der Waals surface area contributed by atoms with Crippen LogP contribution >= 0.6 is 22.7 Å². The first-order valence-electron chi connectivity index (χ1n) is 18.9. The van der Waals surface area contributed by atoms with Crippen LogP contribution < -0.4 is 0 Å². The molecule has 4 aromatic heterocycles. The minimum atomic E-state index is 0.602. The molecule has 8 aromatic carbocycles. The zero-order valence-electron chi connectivity index (χ0n) is 30.3. The van der Waals surface area contributed by atoms with E-state index in [1.807, 2.05) is 77.3 Å². The van der Waals surface area contributed by atoms with E-state index in [-0.39, 0.29) is 0 Å². The zero-order valence-corrected chi connectivity index (χ0v) is 31.9. The van der Waals surface area contributed by atoms with Gasteiger partial charge in [0.1, 0.15) is 11.2 Å². The van der Waals surface area contributed by atoms with Crippen molar-refractivity contribution in [2.24, 2.45) is 0 Å². The van der Waals surface area contributed by atoms with Crippen molar-refractivity contribution in [2.45, 2.75) is 0 Å². The summed E-state index contributed by atoms with van der Waals surface area (Å²) in [4.78, 5) is 15.2. The normalized spacial score (nSPS) is 11.9. The summed E-state index contributed by atoms with van der Waals surface area (Å²) in [6.45, 7) is 0. The first-order chi connectivity index (χ1) is 28.2. The van der Waals surface area contributed by atoms with Gasteiger partial charge in [-0.2, -0.15) is 0 Å². The number of nitrogens with zero attached hydrogens (tertiary/aromatic N) is 3. The molecule has 4 nitrogen and oxygen atoms in total. The Labute approximate surface area is 335 Å². The molecule has 0 unspecified atom stereocenters. The van der Waals surface area contributed by atoms with Crippen LogP contribution in [0.4, 0.5) is 0 Å². The van der Waals surface area contributed by atoms with Crippen LogP contribution in [0.2, 0.25) is 0 Å². The van der Waals surface area contributed by atoms with Crippen molar-refractivity contribution >= 4 is 85.0 Å². The van der Waals surface area contributed by atoms with Crippen LogP contribution in [0.3, 0.4) is 0 Å². The predicted molar refractivity (Wildman–Crippen MR) is 240 cm³/mol. The van der Waals surface area contributed by atoms with E-state index >= 15 is 0 Å². The summed E-state index contributed by atoms with van der Waals surface area (Å²) in [5.41, 5.74) is 9.38. The molecular weight excluding hydrogens is 735 g/mol. The van der Waals surface area contributed by atoms with E-state index in [1.54, 1.807) is 0 Å². The van der Waals surface area contributed by atoms with E-state index in [9.17, 15) is 0 Å². The first-order valence-corrected chi connectivity index (χ1v) is 20.6. The van der Waals surface area contributed by atoms with Crippen molar-refractivity contribution < 1.29 is 4.42 Å². The molecule has 12 rings (SSSR count). The van der Waals surface area contributed by atoms with Crippen LogP contribution in [-0.4, -0.2) is 15.0 Å². The molecule has 0 fully saturated rings. The SMILES string of the molecule is c1ccc(-c2nc(-c3ccc4c(c3)oc3ccccc34)nc(-c3ccc4c(c3)sc3cccc(-c5ccccc5-c5cccc6sc7ccccc7c56)c34)n2)cc1. The lowest BCUT2D eigenvalue weighted by atomic mass is 9.90. The summed E-state index contributed by atoms with van der Waals surface area (Å²) < 4.78 is 11.3. The molecule has 0 aliphatic rings. The summed E-state index contributed by atoms with van der Waals surface area (Å²) in [7, 11) is 0. The lowest BCUT2D eigenvalue weighted by Gasteiger charge is -2.13. The highest BCUT2D eigenvalue weighted by Gasteiger charge is 2.19. The second-order valence-electron chi connectivity index (χ2n) is 14.3. The van der Waals surface area contributed by atoms with Gasteiger partial charge in [-0.15, -0.1) is 22.7 Å². The monoisotopic (exact) mass is 763 g/mol. The van der Waals surface area contributed by atoms with Crippen LogP contribution in [0, 0.1) is 0 Å². The van der Waals surface area contributed by atoms with Gasteiger partial charge in [0.15, 0.2) is 17.5 Å². The Balaban J connectivity index is 1.01. The number of rotatable bonds is 5. The molecular formula is C51H29N3OS2. The summed E-state index contributed by atoms with van der Waals surface area (Å²) in [5, 5.41) is 7.28. The van der Waals surface area contributed by atoms with Crippen molar-refractivity contribution in [1.82, 2.24) is 15.0 Å². The van der Waals surface area contributed by atoms with Crippen molar-refractivity contribution in [1.29, 1.82) is 0 Å². The van der Waals surface area contributed by atoms with Crippen LogP contribution in [0.15, 0.2) is 180 Å². The molecule has 0 saturated carbocycles. The van der Waals surface area contributed by atoms with Crippen LogP contribution in [-0.2, 0) is 0 Å². The van der Waals surface area contributed by atoms with Gasteiger partial charge in [0, 0.05) is 67.8 Å². The smallest absolute Gasteiger partial charge is 0.164 e. The number of hydrogen-bond acceptors (Lipinski definition) is 6. The van der Waals surface area contributed by atoms with Gasteiger partial charge in [-0.3, -0.25) is 0 Å². The quantitative estimate of drug-likeness (QED) is 0.175. The fourth-order valence-electron chi connectivity index (χ4n) is 8.36. The van der Waals surface area contributed by atoms with E-state index < -0.39 is 0 Å². The molecule has 0 aliphatic heterocycles. The Morgan fingerprint density at radius 1 is 0.316 bits per heavy atom. The number of benzene rings is 8. The number of thiophene rings is 2. The van der Waals surface area contributed by atoms with E-state index in [1.165, 1.54) is 62.6 Å². The van der Waals surface area contributed by atoms with Gasteiger partial charge in [-0.05, 0) is 64.7 Å².